The molecule has 0 atom stereocenters. The van der Waals surface area contributed by atoms with Crippen molar-refractivity contribution in [3.63, 3.8) is 0 Å². The molecule has 0 radical (unpaired) electrons. The Labute approximate surface area is 93.0 Å². The van der Waals surface area contributed by atoms with Crippen LogP contribution < -0.4 is 0 Å². The maximum absolute atomic E-state index is 11.7. The van der Waals surface area contributed by atoms with Crippen LogP contribution in [0.1, 0.15) is 35.2 Å². The Kier molecular flexibility index (Phi) is 2.80. The second kappa shape index (κ2) is 3.92. The number of carbonyl (C=O) groups excluding carboxylic acids is 1. The molecule has 0 fully saturated rings. The summed E-state index contributed by atoms with van der Waals surface area (Å²) in [6.07, 6.45) is 3.57. The average molecular weight is 229 g/mol. The van der Waals surface area contributed by atoms with E-state index in [0.29, 0.717) is 16.5 Å². The van der Waals surface area contributed by atoms with Crippen molar-refractivity contribution in [3.05, 3.63) is 33.3 Å². The van der Waals surface area contributed by atoms with Gasteiger partial charge in [0.1, 0.15) is 0 Å². The minimum atomic E-state index is 0.191. The second-order valence-corrected chi connectivity index (χ2v) is 4.37. The monoisotopic (exact) mass is 228 g/mol. The van der Waals surface area contributed by atoms with Gasteiger partial charge in [0, 0.05) is 12.0 Å². The first kappa shape index (κ1) is 10.0. The van der Waals surface area contributed by atoms with Crippen LogP contribution in [0.5, 0.6) is 0 Å². The van der Waals surface area contributed by atoms with Gasteiger partial charge in [-0.25, -0.2) is 0 Å². The van der Waals surface area contributed by atoms with Crippen LogP contribution in [0.15, 0.2) is 12.1 Å². The summed E-state index contributed by atoms with van der Waals surface area (Å²) in [4.78, 5) is 11.7. The lowest BCUT2D eigenvalue weighted by atomic mass is 10.0. The van der Waals surface area contributed by atoms with Crippen LogP contribution in [0.25, 0.3) is 0 Å². The molecule has 74 valence electrons. The second-order valence-electron chi connectivity index (χ2n) is 3.55. The molecule has 0 aliphatic heterocycles. The summed E-state index contributed by atoms with van der Waals surface area (Å²) in [5.74, 6) is 0.191. The normalized spacial score (nSPS) is 16.3. The number of hydrogen-bond donors (Lipinski definition) is 0. The van der Waals surface area contributed by atoms with Crippen molar-refractivity contribution in [1.82, 2.24) is 0 Å². The van der Waals surface area contributed by atoms with Crippen molar-refractivity contribution in [1.29, 1.82) is 0 Å². The van der Waals surface area contributed by atoms with Gasteiger partial charge in [-0.3, -0.25) is 4.79 Å². The van der Waals surface area contributed by atoms with Gasteiger partial charge in [0.15, 0.2) is 5.78 Å². The Morgan fingerprint density at radius 1 is 1.00 bits per heavy atom. The molecule has 3 heteroatoms. The number of rotatable bonds is 0. The highest BCUT2D eigenvalue weighted by Crippen LogP contribution is 2.29. The van der Waals surface area contributed by atoms with E-state index >= 15 is 0 Å². The molecular weight excluding hydrogens is 219 g/mol. The SMILES string of the molecule is O=C1CCCCc2cc(Cl)c(Cl)cc21. The van der Waals surface area contributed by atoms with Gasteiger partial charge in [-0.2, -0.15) is 0 Å². The Morgan fingerprint density at radius 2 is 1.64 bits per heavy atom. The van der Waals surface area contributed by atoms with Gasteiger partial charge >= 0.3 is 0 Å². The molecule has 1 aliphatic rings. The van der Waals surface area contributed by atoms with E-state index in [2.05, 4.69) is 0 Å². The van der Waals surface area contributed by atoms with Gasteiger partial charge < -0.3 is 0 Å². The quantitative estimate of drug-likeness (QED) is 0.616. The fraction of sp³-hybridized carbons (Fsp3) is 0.364. The molecule has 1 aromatic rings. The largest absolute Gasteiger partial charge is 0.294 e. The molecule has 0 bridgehead atoms. The minimum absolute atomic E-state index is 0.191. The van der Waals surface area contributed by atoms with E-state index in [0.717, 1.165) is 30.4 Å². The third-order valence-corrected chi connectivity index (χ3v) is 3.27. The van der Waals surface area contributed by atoms with E-state index in [1.54, 1.807) is 6.07 Å². The van der Waals surface area contributed by atoms with Gasteiger partial charge in [-0.1, -0.05) is 23.2 Å². The lowest BCUT2D eigenvalue weighted by Gasteiger charge is -2.06. The molecule has 1 nitrogen and oxygen atoms in total. The topological polar surface area (TPSA) is 17.1 Å². The minimum Gasteiger partial charge on any atom is -0.294 e. The summed E-state index contributed by atoms with van der Waals surface area (Å²) in [5.41, 5.74) is 1.80. The Balaban J connectivity index is 2.54. The molecule has 0 heterocycles. The first-order chi connectivity index (χ1) is 6.68. The summed E-state index contributed by atoms with van der Waals surface area (Å²) < 4.78 is 0. The molecule has 0 saturated carbocycles. The van der Waals surface area contributed by atoms with Gasteiger partial charge in [0.25, 0.3) is 0 Å². The Morgan fingerprint density at radius 3 is 2.43 bits per heavy atom. The van der Waals surface area contributed by atoms with E-state index in [1.165, 1.54) is 0 Å². The highest BCUT2D eigenvalue weighted by atomic mass is 35.5. The molecule has 0 spiro atoms. The third kappa shape index (κ3) is 1.79. The fourth-order valence-electron chi connectivity index (χ4n) is 1.79. The highest BCUT2D eigenvalue weighted by Gasteiger charge is 2.16. The lowest BCUT2D eigenvalue weighted by Crippen LogP contribution is -2.00. The predicted octanol–water partition coefficient (Wildman–Crippen LogP) is 3.90. The average Bonchev–Trinajstić information content (AvgIpc) is 2.31. The number of halogens is 2. The summed E-state index contributed by atoms with van der Waals surface area (Å²) in [7, 11) is 0. The number of Topliss-reactive ketones (excluding diaryl/α,β-unsaturated/α-hetero) is 1. The number of carbonyl (C=O) groups is 1. The zero-order chi connectivity index (χ0) is 10.1. The molecule has 0 unspecified atom stereocenters. The molecular formula is C11H10Cl2O. The fourth-order valence-corrected chi connectivity index (χ4v) is 2.14. The van der Waals surface area contributed by atoms with Crippen molar-refractivity contribution in [2.24, 2.45) is 0 Å². The summed E-state index contributed by atoms with van der Waals surface area (Å²) in [5, 5.41) is 1.01. The molecule has 1 aromatic carbocycles. The lowest BCUT2D eigenvalue weighted by molar-refractivity contribution is 0.0982. The van der Waals surface area contributed by atoms with E-state index in [4.69, 9.17) is 23.2 Å². The van der Waals surface area contributed by atoms with Gasteiger partial charge in [0.05, 0.1) is 10.0 Å². The van der Waals surface area contributed by atoms with Crippen LogP contribution in [0.4, 0.5) is 0 Å². The predicted molar refractivity (Wildman–Crippen MR) is 58.3 cm³/mol. The Hall–Kier alpha value is -0.530. The zero-order valence-electron chi connectivity index (χ0n) is 7.65. The molecule has 0 N–H and O–H groups in total. The summed E-state index contributed by atoms with van der Waals surface area (Å²) in [6.45, 7) is 0. The van der Waals surface area contributed by atoms with Crippen molar-refractivity contribution in [2.75, 3.05) is 0 Å². The van der Waals surface area contributed by atoms with Crippen molar-refractivity contribution in [3.8, 4) is 0 Å². The van der Waals surface area contributed by atoms with E-state index < -0.39 is 0 Å². The summed E-state index contributed by atoms with van der Waals surface area (Å²) in [6, 6.07) is 3.52. The molecule has 1 aliphatic carbocycles. The third-order valence-electron chi connectivity index (χ3n) is 2.55. The van der Waals surface area contributed by atoms with Crippen LogP contribution in [0.2, 0.25) is 10.0 Å². The number of benzene rings is 1. The van der Waals surface area contributed by atoms with Crippen LogP contribution in [0, 0.1) is 0 Å². The number of aryl methyl sites for hydroxylation is 1. The molecule has 0 saturated heterocycles. The molecule has 0 aromatic heterocycles. The van der Waals surface area contributed by atoms with Gasteiger partial charge in [0.2, 0.25) is 0 Å². The van der Waals surface area contributed by atoms with E-state index in [9.17, 15) is 4.79 Å². The number of hydrogen-bond acceptors (Lipinski definition) is 1. The Bertz CT molecular complexity index is 385. The zero-order valence-corrected chi connectivity index (χ0v) is 9.16. The highest BCUT2D eigenvalue weighted by molar-refractivity contribution is 6.42. The van der Waals surface area contributed by atoms with Crippen LogP contribution >= 0.6 is 23.2 Å². The standard InChI is InChI=1S/C11H10Cl2O/c12-9-5-7-3-1-2-4-11(14)8(7)6-10(9)13/h5-6H,1-4H2. The van der Waals surface area contributed by atoms with Crippen LogP contribution in [-0.2, 0) is 6.42 Å². The van der Waals surface area contributed by atoms with Crippen molar-refractivity contribution >= 4 is 29.0 Å². The van der Waals surface area contributed by atoms with Gasteiger partial charge in [-0.15, -0.1) is 0 Å². The first-order valence-corrected chi connectivity index (χ1v) is 5.45. The van der Waals surface area contributed by atoms with Crippen LogP contribution in [0.3, 0.4) is 0 Å². The van der Waals surface area contributed by atoms with E-state index in [-0.39, 0.29) is 5.78 Å². The van der Waals surface area contributed by atoms with Crippen molar-refractivity contribution in [2.45, 2.75) is 25.7 Å². The molecule has 0 amide bonds. The number of fused-ring (bicyclic) bond motifs is 1. The van der Waals surface area contributed by atoms with Crippen LogP contribution in [-0.4, -0.2) is 5.78 Å². The maximum Gasteiger partial charge on any atom is 0.163 e. The molecule has 14 heavy (non-hydrogen) atoms. The van der Waals surface area contributed by atoms with E-state index in [1.807, 2.05) is 6.07 Å². The van der Waals surface area contributed by atoms with Crippen molar-refractivity contribution < 1.29 is 4.79 Å². The smallest absolute Gasteiger partial charge is 0.163 e. The first-order valence-electron chi connectivity index (χ1n) is 4.69. The maximum atomic E-state index is 11.7. The van der Waals surface area contributed by atoms with Gasteiger partial charge in [-0.05, 0) is 37.0 Å². The number of ketones is 1. The molecule has 2 rings (SSSR count). The summed E-state index contributed by atoms with van der Waals surface area (Å²) >= 11 is 11.8.